The predicted molar refractivity (Wildman–Crippen MR) is 78.0 cm³/mol. The first kappa shape index (κ1) is 12.5. The van der Waals surface area contributed by atoms with Crippen molar-refractivity contribution in [2.75, 3.05) is 0 Å². The topological polar surface area (TPSA) is 17.1 Å². The maximum Gasteiger partial charge on any atom is 0.150 e. The molecule has 2 heteroatoms. The van der Waals surface area contributed by atoms with Gasteiger partial charge in [-0.05, 0) is 40.4 Å². The van der Waals surface area contributed by atoms with Crippen LogP contribution in [0.2, 0.25) is 0 Å². The molecule has 1 aromatic heterocycles. The molecule has 0 spiro atoms. The van der Waals surface area contributed by atoms with E-state index in [1.807, 2.05) is 36.4 Å². The maximum atomic E-state index is 10.6. The van der Waals surface area contributed by atoms with Crippen LogP contribution in [0.4, 0.5) is 0 Å². The average Bonchev–Trinajstić information content (AvgIpc) is 2.92. The largest absolute Gasteiger partial charge is 0.298 e. The molecule has 0 aliphatic rings. The normalized spacial score (nSPS) is 11.3. The van der Waals surface area contributed by atoms with Gasteiger partial charge in [0.2, 0.25) is 0 Å². The molecule has 0 amide bonds. The van der Waals surface area contributed by atoms with E-state index in [9.17, 15) is 4.79 Å². The molecule has 0 atom stereocenters. The summed E-state index contributed by atoms with van der Waals surface area (Å²) >= 11 is 1.70. The highest BCUT2D eigenvalue weighted by atomic mass is 32.1. The van der Waals surface area contributed by atoms with Gasteiger partial charge in [0.1, 0.15) is 6.29 Å². The van der Waals surface area contributed by atoms with Gasteiger partial charge in [-0.25, -0.2) is 0 Å². The molecule has 0 aliphatic carbocycles. The lowest BCUT2D eigenvalue weighted by Crippen LogP contribution is -1.84. The zero-order chi connectivity index (χ0) is 12.6. The first-order valence-corrected chi connectivity index (χ1v) is 6.72. The Morgan fingerprint density at radius 3 is 2.83 bits per heavy atom. The van der Waals surface area contributed by atoms with Gasteiger partial charge >= 0.3 is 0 Å². The highest BCUT2D eigenvalue weighted by molar-refractivity contribution is 7.08. The van der Waals surface area contributed by atoms with Crippen LogP contribution in [0.25, 0.3) is 6.08 Å². The smallest absolute Gasteiger partial charge is 0.150 e. The number of hydrogen-bond donors (Lipinski definition) is 0. The fourth-order valence-electron chi connectivity index (χ4n) is 1.61. The minimum Gasteiger partial charge on any atom is -0.298 e. The summed E-state index contributed by atoms with van der Waals surface area (Å²) in [6.07, 6.45) is 9.96. The quantitative estimate of drug-likeness (QED) is 0.572. The molecule has 0 radical (unpaired) electrons. The van der Waals surface area contributed by atoms with Crippen molar-refractivity contribution >= 4 is 23.7 Å². The summed E-state index contributed by atoms with van der Waals surface area (Å²) in [5.74, 6) is 0. The van der Waals surface area contributed by atoms with Gasteiger partial charge in [0.15, 0.2) is 0 Å². The van der Waals surface area contributed by atoms with E-state index in [2.05, 4.69) is 29.0 Å². The second-order valence-electron chi connectivity index (χ2n) is 3.91. The summed E-state index contributed by atoms with van der Waals surface area (Å²) in [5.41, 5.74) is 3.11. The van der Waals surface area contributed by atoms with E-state index in [0.29, 0.717) is 0 Å². The predicted octanol–water partition coefficient (Wildman–Crippen LogP) is 4.37. The second kappa shape index (κ2) is 6.72. The van der Waals surface area contributed by atoms with Crippen molar-refractivity contribution in [2.24, 2.45) is 0 Å². The van der Waals surface area contributed by atoms with Gasteiger partial charge < -0.3 is 0 Å². The van der Waals surface area contributed by atoms with E-state index in [0.717, 1.165) is 23.8 Å². The van der Waals surface area contributed by atoms with E-state index >= 15 is 0 Å². The number of allylic oxidation sites excluding steroid dienone is 3. The number of benzene rings is 1. The lowest BCUT2D eigenvalue weighted by atomic mass is 10.1. The van der Waals surface area contributed by atoms with Crippen LogP contribution in [-0.4, -0.2) is 6.29 Å². The average molecular weight is 254 g/mol. The second-order valence-corrected chi connectivity index (χ2v) is 4.69. The van der Waals surface area contributed by atoms with Crippen LogP contribution in [-0.2, 0) is 6.42 Å². The number of hydrogen-bond acceptors (Lipinski definition) is 2. The summed E-state index contributed by atoms with van der Waals surface area (Å²) in [4.78, 5) is 10.6. The molecule has 2 rings (SSSR count). The molecule has 0 saturated heterocycles. The van der Waals surface area contributed by atoms with Crippen LogP contribution in [0.1, 0.15) is 21.5 Å². The Bertz CT molecular complexity index is 550. The van der Waals surface area contributed by atoms with Crippen LogP contribution < -0.4 is 0 Å². The molecule has 1 aromatic carbocycles. The molecule has 18 heavy (non-hydrogen) atoms. The molecule has 0 unspecified atom stereocenters. The number of carbonyl (C=O) groups is 1. The third-order valence-electron chi connectivity index (χ3n) is 2.52. The standard InChI is InChI=1S/C16H14OS/c17-12-16-8-4-7-14(11-16)5-2-1-3-6-15-9-10-18-13-15/h1-4,6-13H,5H2/b2-1+,6-3+. The molecule has 90 valence electrons. The Labute approximate surface area is 111 Å². The molecule has 0 aliphatic heterocycles. The van der Waals surface area contributed by atoms with Crippen molar-refractivity contribution in [3.05, 3.63) is 76.0 Å². The van der Waals surface area contributed by atoms with Crippen LogP contribution in [0.15, 0.2) is 59.3 Å². The molecule has 1 heterocycles. The number of carbonyl (C=O) groups excluding carboxylic acids is 1. The Morgan fingerprint density at radius 2 is 2.06 bits per heavy atom. The third kappa shape index (κ3) is 3.82. The lowest BCUT2D eigenvalue weighted by molar-refractivity contribution is 0.112. The highest BCUT2D eigenvalue weighted by Crippen LogP contribution is 2.08. The molecule has 0 bridgehead atoms. The molecule has 2 aromatic rings. The Balaban J connectivity index is 1.89. The lowest BCUT2D eigenvalue weighted by Gasteiger charge is -1.96. The summed E-state index contributed by atoms with van der Waals surface area (Å²) in [6, 6.07) is 9.76. The van der Waals surface area contributed by atoms with Crippen molar-refractivity contribution in [3.63, 3.8) is 0 Å². The summed E-state index contributed by atoms with van der Waals surface area (Å²) in [7, 11) is 0. The van der Waals surface area contributed by atoms with Gasteiger partial charge in [-0.2, -0.15) is 11.3 Å². The molecule has 0 saturated carbocycles. The van der Waals surface area contributed by atoms with Crippen LogP contribution in [0.5, 0.6) is 0 Å². The minimum absolute atomic E-state index is 0.731. The van der Waals surface area contributed by atoms with Gasteiger partial charge in [0.05, 0.1) is 0 Å². The Hall–Kier alpha value is -1.93. The van der Waals surface area contributed by atoms with Crippen molar-refractivity contribution < 1.29 is 4.79 Å². The molecule has 1 nitrogen and oxygen atoms in total. The van der Waals surface area contributed by atoms with Gasteiger partial charge in [0.25, 0.3) is 0 Å². The van der Waals surface area contributed by atoms with Crippen LogP contribution in [0.3, 0.4) is 0 Å². The maximum absolute atomic E-state index is 10.6. The van der Waals surface area contributed by atoms with Crippen LogP contribution in [0, 0.1) is 0 Å². The van der Waals surface area contributed by atoms with Crippen molar-refractivity contribution in [1.29, 1.82) is 0 Å². The highest BCUT2D eigenvalue weighted by Gasteiger charge is 1.91. The molecule has 0 fully saturated rings. The fraction of sp³-hybridized carbons (Fsp3) is 0.0625. The summed E-state index contributed by atoms with van der Waals surface area (Å²) in [5, 5.41) is 4.17. The molecular weight excluding hydrogens is 240 g/mol. The Kier molecular flexibility index (Phi) is 4.68. The van der Waals surface area contributed by atoms with Gasteiger partial charge in [-0.1, -0.05) is 42.5 Å². The van der Waals surface area contributed by atoms with E-state index < -0.39 is 0 Å². The van der Waals surface area contributed by atoms with Gasteiger partial charge in [-0.3, -0.25) is 4.79 Å². The molecule has 0 N–H and O–H groups in total. The van der Waals surface area contributed by atoms with Gasteiger partial charge in [-0.15, -0.1) is 0 Å². The minimum atomic E-state index is 0.731. The van der Waals surface area contributed by atoms with Crippen molar-refractivity contribution in [2.45, 2.75) is 6.42 Å². The fourth-order valence-corrected chi connectivity index (χ4v) is 2.24. The van der Waals surface area contributed by atoms with Gasteiger partial charge in [0, 0.05) is 5.56 Å². The zero-order valence-electron chi connectivity index (χ0n) is 9.95. The van der Waals surface area contributed by atoms with Crippen LogP contribution >= 0.6 is 11.3 Å². The number of aldehydes is 1. The number of rotatable bonds is 5. The Morgan fingerprint density at radius 1 is 1.11 bits per heavy atom. The van der Waals surface area contributed by atoms with E-state index in [1.165, 1.54) is 5.56 Å². The molecular formula is C16H14OS. The zero-order valence-corrected chi connectivity index (χ0v) is 10.8. The summed E-state index contributed by atoms with van der Waals surface area (Å²) in [6.45, 7) is 0. The first-order chi connectivity index (χ1) is 8.88. The SMILES string of the molecule is O=Cc1cccc(C/C=C/C=C/c2ccsc2)c1. The first-order valence-electron chi connectivity index (χ1n) is 5.78. The van der Waals surface area contributed by atoms with E-state index in [1.54, 1.807) is 11.3 Å². The number of thiophene rings is 1. The monoisotopic (exact) mass is 254 g/mol. The van der Waals surface area contributed by atoms with Crippen molar-refractivity contribution in [3.8, 4) is 0 Å². The summed E-state index contributed by atoms with van der Waals surface area (Å²) < 4.78 is 0. The van der Waals surface area contributed by atoms with E-state index in [-0.39, 0.29) is 0 Å². The third-order valence-corrected chi connectivity index (χ3v) is 3.22. The van der Waals surface area contributed by atoms with E-state index in [4.69, 9.17) is 0 Å². The van der Waals surface area contributed by atoms with Crippen molar-refractivity contribution in [1.82, 2.24) is 0 Å².